The minimum absolute atomic E-state index is 0.0747. The molecule has 10 nitrogen and oxygen atoms in total. The van der Waals surface area contributed by atoms with E-state index in [1.54, 1.807) is 58.9 Å². The minimum atomic E-state index is -0.562. The number of carbonyl (C=O) groups is 1. The third kappa shape index (κ3) is 7.69. The first-order valence-electron chi connectivity index (χ1n) is 10.3. The number of nitrogens with zero attached hydrogens (tertiary/aromatic N) is 2. The number of hydrogen-bond acceptors (Lipinski definition) is 8. The number of benzene rings is 1. The summed E-state index contributed by atoms with van der Waals surface area (Å²) >= 11 is 0. The van der Waals surface area contributed by atoms with Crippen LogP contribution in [0.1, 0.15) is 32.0 Å². The lowest BCUT2D eigenvalue weighted by Gasteiger charge is -2.19. The van der Waals surface area contributed by atoms with E-state index in [-0.39, 0.29) is 31.3 Å². The lowest BCUT2D eigenvalue weighted by molar-refractivity contribution is -0.385. The molecule has 1 heterocycles. The first kappa shape index (κ1) is 24.9. The summed E-state index contributed by atoms with van der Waals surface area (Å²) in [6, 6.07) is 8.78. The zero-order valence-electron chi connectivity index (χ0n) is 19.1. The van der Waals surface area contributed by atoms with Crippen LogP contribution < -0.4 is 15.4 Å². The first-order chi connectivity index (χ1) is 15.1. The van der Waals surface area contributed by atoms with E-state index >= 15 is 0 Å². The highest BCUT2D eigenvalue weighted by atomic mass is 16.6. The predicted octanol–water partition coefficient (Wildman–Crippen LogP) is 4.35. The van der Waals surface area contributed by atoms with Gasteiger partial charge in [-0.25, -0.2) is 9.78 Å². The third-order valence-electron chi connectivity index (χ3n) is 4.23. The lowest BCUT2D eigenvalue weighted by Crippen LogP contribution is -2.34. The third-order valence-corrected chi connectivity index (χ3v) is 4.23. The Morgan fingerprint density at radius 3 is 2.41 bits per heavy atom. The van der Waals surface area contributed by atoms with Crippen molar-refractivity contribution in [2.75, 3.05) is 31.6 Å². The number of nitrogens with one attached hydrogen (secondary N) is 2. The average Bonchev–Trinajstić information content (AvgIpc) is 2.69. The maximum Gasteiger partial charge on any atom is 0.407 e. The van der Waals surface area contributed by atoms with Gasteiger partial charge in [0.05, 0.1) is 18.1 Å². The van der Waals surface area contributed by atoms with Crippen molar-refractivity contribution >= 4 is 17.5 Å². The molecule has 0 aliphatic rings. The maximum atomic E-state index is 11.8. The van der Waals surface area contributed by atoms with Crippen LogP contribution >= 0.6 is 0 Å². The second kappa shape index (κ2) is 11.3. The molecule has 0 saturated heterocycles. The fourth-order valence-electron chi connectivity index (χ4n) is 2.70. The van der Waals surface area contributed by atoms with E-state index in [2.05, 4.69) is 15.6 Å². The van der Waals surface area contributed by atoms with Gasteiger partial charge in [0.2, 0.25) is 0 Å². The number of aromatic nitrogens is 1. The van der Waals surface area contributed by atoms with Gasteiger partial charge in [-0.15, -0.1) is 0 Å². The number of carbonyl (C=O) groups excluding carboxylic acids is 1. The molecule has 0 atom stereocenters. The second-order valence-electron chi connectivity index (χ2n) is 7.99. The molecule has 1 aromatic carbocycles. The van der Waals surface area contributed by atoms with Crippen molar-refractivity contribution in [1.29, 1.82) is 0 Å². The van der Waals surface area contributed by atoms with Gasteiger partial charge in [0.25, 0.3) is 0 Å². The van der Waals surface area contributed by atoms with Crippen molar-refractivity contribution in [3.63, 3.8) is 0 Å². The number of aryl methyl sites for hydroxylation is 1. The molecule has 0 aliphatic heterocycles. The minimum Gasteiger partial charge on any atom is -0.444 e. The SMILES string of the molecule is Cc1nc(Oc2ccccc2)c([N+](=O)[O-])c(NCCOCCNC(=O)OC(C)(C)C)c1C. The summed E-state index contributed by atoms with van der Waals surface area (Å²) in [6.45, 7) is 10.0. The molecule has 0 aliphatic carbocycles. The Morgan fingerprint density at radius 2 is 1.78 bits per heavy atom. The Labute approximate surface area is 187 Å². The van der Waals surface area contributed by atoms with Crippen molar-refractivity contribution in [2.45, 2.75) is 40.2 Å². The molecule has 0 spiro atoms. The van der Waals surface area contributed by atoms with Crippen molar-refractivity contribution in [1.82, 2.24) is 10.3 Å². The molecule has 32 heavy (non-hydrogen) atoms. The Bertz CT molecular complexity index is 928. The van der Waals surface area contributed by atoms with Crippen molar-refractivity contribution in [3.05, 3.63) is 51.7 Å². The maximum absolute atomic E-state index is 11.8. The van der Waals surface area contributed by atoms with E-state index in [0.717, 1.165) is 0 Å². The van der Waals surface area contributed by atoms with Crippen LogP contribution in [-0.2, 0) is 9.47 Å². The van der Waals surface area contributed by atoms with Gasteiger partial charge in [0.15, 0.2) is 0 Å². The molecule has 174 valence electrons. The monoisotopic (exact) mass is 446 g/mol. The molecular weight excluding hydrogens is 416 g/mol. The van der Waals surface area contributed by atoms with E-state index in [0.29, 0.717) is 29.2 Å². The van der Waals surface area contributed by atoms with Crippen molar-refractivity contribution in [3.8, 4) is 11.6 Å². The largest absolute Gasteiger partial charge is 0.444 e. The highest BCUT2D eigenvalue weighted by Crippen LogP contribution is 2.39. The van der Waals surface area contributed by atoms with Crippen LogP contribution in [0.2, 0.25) is 0 Å². The summed E-state index contributed by atoms with van der Waals surface area (Å²) in [4.78, 5) is 27.1. The molecular formula is C22H30N4O6. The molecule has 1 amide bonds. The van der Waals surface area contributed by atoms with Crippen molar-refractivity contribution in [2.24, 2.45) is 0 Å². The number of rotatable bonds is 10. The van der Waals surface area contributed by atoms with Gasteiger partial charge in [0, 0.05) is 24.3 Å². The van der Waals surface area contributed by atoms with Gasteiger partial charge in [-0.3, -0.25) is 10.1 Å². The lowest BCUT2D eigenvalue weighted by atomic mass is 10.1. The number of pyridine rings is 1. The Morgan fingerprint density at radius 1 is 1.12 bits per heavy atom. The molecule has 2 N–H and O–H groups in total. The molecule has 0 saturated carbocycles. The standard InChI is InChI=1S/C22H30N4O6/c1-15-16(2)25-20(31-17-9-7-6-8-10-17)19(26(28)29)18(15)23-11-13-30-14-12-24-21(27)32-22(3,4)5/h6-10H,11-14H2,1-5H3,(H,23,25)(H,24,27). The topological polar surface area (TPSA) is 125 Å². The number of para-hydroxylation sites is 1. The fourth-order valence-corrected chi connectivity index (χ4v) is 2.70. The van der Waals surface area contributed by atoms with Gasteiger partial charge >= 0.3 is 17.7 Å². The number of anilines is 1. The van der Waals surface area contributed by atoms with Crippen LogP contribution in [-0.4, -0.2) is 47.9 Å². The van der Waals surface area contributed by atoms with Gasteiger partial charge in [-0.2, -0.15) is 0 Å². The summed E-state index contributed by atoms with van der Waals surface area (Å²) < 4.78 is 16.3. The summed E-state index contributed by atoms with van der Waals surface area (Å²) in [5.41, 5.74) is 0.815. The number of amides is 1. The number of nitro groups is 1. The van der Waals surface area contributed by atoms with Crippen LogP contribution in [0, 0.1) is 24.0 Å². The molecule has 0 bridgehead atoms. The predicted molar refractivity (Wildman–Crippen MR) is 120 cm³/mol. The zero-order chi connectivity index (χ0) is 23.7. The van der Waals surface area contributed by atoms with Gasteiger partial charge < -0.3 is 24.8 Å². The quantitative estimate of drug-likeness (QED) is 0.313. The number of ether oxygens (including phenoxy) is 3. The molecule has 0 radical (unpaired) electrons. The van der Waals surface area contributed by atoms with Crippen molar-refractivity contribution < 1.29 is 23.9 Å². The summed E-state index contributed by atoms with van der Waals surface area (Å²) in [5, 5.41) is 17.5. The number of hydrogen-bond donors (Lipinski definition) is 2. The summed E-state index contributed by atoms with van der Waals surface area (Å²) in [6.07, 6.45) is -0.510. The van der Waals surface area contributed by atoms with E-state index in [9.17, 15) is 14.9 Å². The molecule has 2 rings (SSSR count). The van der Waals surface area contributed by atoms with Gasteiger partial charge in [0.1, 0.15) is 17.0 Å². The van der Waals surface area contributed by atoms with Crippen LogP contribution in [0.5, 0.6) is 11.6 Å². The van der Waals surface area contributed by atoms with E-state index in [4.69, 9.17) is 14.2 Å². The van der Waals surface area contributed by atoms with E-state index in [1.807, 2.05) is 6.07 Å². The van der Waals surface area contributed by atoms with Crippen LogP contribution in [0.3, 0.4) is 0 Å². The summed E-state index contributed by atoms with van der Waals surface area (Å²) in [5.74, 6) is 0.382. The molecule has 0 unspecified atom stereocenters. The molecule has 0 fully saturated rings. The van der Waals surface area contributed by atoms with Crippen LogP contribution in [0.15, 0.2) is 30.3 Å². The highest BCUT2D eigenvalue weighted by Gasteiger charge is 2.27. The highest BCUT2D eigenvalue weighted by molar-refractivity contribution is 5.71. The smallest absolute Gasteiger partial charge is 0.407 e. The van der Waals surface area contributed by atoms with E-state index < -0.39 is 16.6 Å². The first-order valence-corrected chi connectivity index (χ1v) is 10.3. The molecule has 1 aromatic heterocycles. The average molecular weight is 447 g/mol. The van der Waals surface area contributed by atoms with Crippen LogP contribution in [0.25, 0.3) is 0 Å². The molecule has 2 aromatic rings. The Balaban J connectivity index is 1.95. The second-order valence-corrected chi connectivity index (χ2v) is 7.99. The normalized spacial score (nSPS) is 11.0. The van der Waals surface area contributed by atoms with Gasteiger partial charge in [-0.1, -0.05) is 18.2 Å². The Kier molecular flexibility index (Phi) is 8.77. The fraction of sp³-hybridized carbons (Fsp3) is 0.455. The molecule has 10 heteroatoms. The summed E-state index contributed by atoms with van der Waals surface area (Å²) in [7, 11) is 0. The van der Waals surface area contributed by atoms with E-state index in [1.165, 1.54) is 0 Å². The van der Waals surface area contributed by atoms with Gasteiger partial charge in [-0.05, 0) is 46.8 Å². The Hall–Kier alpha value is -3.40. The zero-order valence-corrected chi connectivity index (χ0v) is 19.1. The number of alkyl carbamates (subject to hydrolysis) is 1. The van der Waals surface area contributed by atoms with Crippen LogP contribution in [0.4, 0.5) is 16.2 Å².